The number of ether oxygens (including phenoxy) is 1. The maximum absolute atomic E-state index is 12.8. The fraction of sp³-hybridized carbons (Fsp3) is 0.407. The summed E-state index contributed by atoms with van der Waals surface area (Å²) in [6.07, 6.45) is 10.7. The Bertz CT molecular complexity index is 1090. The number of aromatic nitrogens is 1. The number of nitrogens with zero attached hydrogens (tertiary/aromatic N) is 3. The largest absolute Gasteiger partial charge is 0.378 e. The molecule has 1 aliphatic heterocycles. The van der Waals surface area contributed by atoms with Gasteiger partial charge in [-0.1, -0.05) is 49.6 Å². The van der Waals surface area contributed by atoms with E-state index in [-0.39, 0.29) is 5.91 Å². The molecule has 3 aromatic rings. The normalized spacial score (nSPS) is 17.9. The maximum Gasteiger partial charge on any atom is 0.242 e. The average molecular weight is 430 g/mol. The minimum Gasteiger partial charge on any atom is -0.378 e. The summed E-state index contributed by atoms with van der Waals surface area (Å²) in [6, 6.07) is 17.0. The van der Waals surface area contributed by atoms with Crippen molar-refractivity contribution in [3.05, 3.63) is 65.9 Å². The van der Waals surface area contributed by atoms with Gasteiger partial charge in [-0.2, -0.15) is 0 Å². The number of morpholine rings is 1. The van der Waals surface area contributed by atoms with E-state index in [9.17, 15) is 4.79 Å². The van der Waals surface area contributed by atoms with Crippen LogP contribution in [0.3, 0.4) is 0 Å². The Morgan fingerprint density at radius 2 is 1.75 bits per heavy atom. The molecule has 0 radical (unpaired) electrons. The number of hydrogen-bond acceptors (Lipinski definition) is 3. The van der Waals surface area contributed by atoms with Gasteiger partial charge in [0.2, 0.25) is 5.91 Å². The van der Waals surface area contributed by atoms with Crippen LogP contribution in [-0.4, -0.2) is 47.9 Å². The Hall–Kier alpha value is -2.92. The van der Waals surface area contributed by atoms with E-state index in [1.165, 1.54) is 37.7 Å². The van der Waals surface area contributed by atoms with E-state index in [0.29, 0.717) is 38.8 Å². The molecule has 5 nitrogen and oxygen atoms in total. The third-order valence-electron chi connectivity index (χ3n) is 6.81. The van der Waals surface area contributed by atoms with Crippen LogP contribution in [0.4, 0.5) is 5.69 Å². The van der Waals surface area contributed by atoms with Crippen LogP contribution in [0.2, 0.25) is 0 Å². The van der Waals surface area contributed by atoms with Gasteiger partial charge >= 0.3 is 0 Å². The van der Waals surface area contributed by atoms with Gasteiger partial charge in [-0.3, -0.25) is 9.79 Å². The zero-order chi connectivity index (χ0) is 21.8. The van der Waals surface area contributed by atoms with Crippen molar-refractivity contribution in [1.29, 1.82) is 0 Å². The fourth-order valence-electron chi connectivity index (χ4n) is 4.98. The number of benzene rings is 2. The second kappa shape index (κ2) is 9.70. The van der Waals surface area contributed by atoms with Crippen LogP contribution < -0.4 is 0 Å². The molecule has 1 aliphatic carbocycles. The highest BCUT2D eigenvalue weighted by molar-refractivity contribution is 6.00. The molecule has 0 atom stereocenters. The summed E-state index contributed by atoms with van der Waals surface area (Å²) in [6.45, 7) is 2.92. The lowest BCUT2D eigenvalue weighted by Gasteiger charge is -2.27. The van der Waals surface area contributed by atoms with Crippen LogP contribution in [0.15, 0.2) is 59.7 Å². The van der Waals surface area contributed by atoms with Crippen molar-refractivity contribution in [1.82, 2.24) is 9.47 Å². The van der Waals surface area contributed by atoms with Crippen LogP contribution in [-0.2, 0) is 16.1 Å². The highest BCUT2D eigenvalue weighted by Crippen LogP contribution is 2.33. The van der Waals surface area contributed by atoms with Crippen molar-refractivity contribution in [2.24, 2.45) is 4.99 Å². The van der Waals surface area contributed by atoms with E-state index in [4.69, 9.17) is 9.73 Å². The van der Waals surface area contributed by atoms with Gasteiger partial charge in [0, 0.05) is 42.0 Å². The van der Waals surface area contributed by atoms with Crippen LogP contribution in [0, 0.1) is 0 Å². The molecule has 2 fully saturated rings. The summed E-state index contributed by atoms with van der Waals surface area (Å²) >= 11 is 0. The van der Waals surface area contributed by atoms with Crippen molar-refractivity contribution >= 4 is 28.7 Å². The van der Waals surface area contributed by atoms with E-state index in [2.05, 4.69) is 36.4 Å². The van der Waals surface area contributed by atoms with Crippen molar-refractivity contribution < 1.29 is 9.53 Å². The molecule has 0 N–H and O–H groups in total. The molecule has 1 saturated carbocycles. The van der Waals surface area contributed by atoms with E-state index in [1.807, 2.05) is 34.0 Å². The lowest BCUT2D eigenvalue weighted by Crippen LogP contribution is -2.42. The third kappa shape index (κ3) is 4.63. The van der Waals surface area contributed by atoms with Crippen LogP contribution in [0.5, 0.6) is 0 Å². The van der Waals surface area contributed by atoms with E-state index in [0.717, 1.165) is 22.2 Å². The van der Waals surface area contributed by atoms with Gasteiger partial charge in [0.15, 0.2) is 0 Å². The highest BCUT2D eigenvalue weighted by Gasteiger charge is 2.18. The molecule has 2 heterocycles. The Morgan fingerprint density at radius 3 is 2.53 bits per heavy atom. The van der Waals surface area contributed by atoms with Crippen LogP contribution in [0.25, 0.3) is 10.9 Å². The number of carbonyl (C=O) groups excluding carboxylic acids is 1. The Morgan fingerprint density at radius 1 is 1.00 bits per heavy atom. The van der Waals surface area contributed by atoms with Crippen molar-refractivity contribution in [2.75, 3.05) is 26.3 Å². The quantitative estimate of drug-likeness (QED) is 0.517. The minimum atomic E-state index is 0.135. The molecule has 1 saturated heterocycles. The first-order valence-corrected chi connectivity index (χ1v) is 11.9. The number of fused-ring (bicyclic) bond motifs is 1. The Balaban J connectivity index is 1.33. The molecule has 0 unspecified atom stereocenters. The number of carbonyl (C=O) groups is 1. The van der Waals surface area contributed by atoms with E-state index in [1.54, 1.807) is 0 Å². The van der Waals surface area contributed by atoms with Gasteiger partial charge < -0.3 is 14.2 Å². The Kier molecular flexibility index (Phi) is 6.35. The molecule has 166 valence electrons. The van der Waals surface area contributed by atoms with Crippen LogP contribution in [0.1, 0.15) is 49.1 Å². The molecular formula is C27H31N3O2. The first-order valence-electron chi connectivity index (χ1n) is 11.9. The van der Waals surface area contributed by atoms with Crippen molar-refractivity contribution in [3.8, 4) is 0 Å². The van der Waals surface area contributed by atoms with Crippen molar-refractivity contribution in [2.45, 2.75) is 44.6 Å². The summed E-state index contributed by atoms with van der Waals surface area (Å²) in [4.78, 5) is 19.4. The van der Waals surface area contributed by atoms with Gasteiger partial charge in [0.25, 0.3) is 0 Å². The summed E-state index contributed by atoms with van der Waals surface area (Å²) in [7, 11) is 0. The molecular weight excluding hydrogens is 398 g/mol. The van der Waals surface area contributed by atoms with Crippen molar-refractivity contribution in [3.63, 3.8) is 0 Å². The van der Waals surface area contributed by atoms with E-state index < -0.39 is 0 Å². The molecule has 32 heavy (non-hydrogen) atoms. The summed E-state index contributed by atoms with van der Waals surface area (Å²) in [5.74, 6) is 0.847. The molecule has 1 aromatic heterocycles. The lowest BCUT2D eigenvalue weighted by atomic mass is 9.84. The standard InChI is InChI=1S/C27H31N3O2/c31-27(29-14-16-32-17-15-29)20-30-19-23(25-8-4-5-9-26(25)30)18-28-24-12-10-22(11-13-24)21-6-2-1-3-7-21/h4-5,8-13,18-19,21H,1-3,6-7,14-17,20H2. The topological polar surface area (TPSA) is 46.8 Å². The monoisotopic (exact) mass is 429 g/mol. The SMILES string of the molecule is O=C(Cn1cc(C=Nc2ccc(C3CCCCC3)cc2)c2ccccc21)N1CCOCC1. The lowest BCUT2D eigenvalue weighted by molar-refractivity contribution is -0.135. The molecule has 5 heteroatoms. The van der Waals surface area contributed by atoms with Gasteiger partial charge in [0.05, 0.1) is 18.9 Å². The predicted molar refractivity (Wildman–Crippen MR) is 129 cm³/mol. The van der Waals surface area contributed by atoms with Gasteiger partial charge in [-0.15, -0.1) is 0 Å². The Labute approximate surface area is 189 Å². The minimum absolute atomic E-state index is 0.135. The summed E-state index contributed by atoms with van der Waals surface area (Å²) in [5, 5.41) is 1.12. The first-order chi connectivity index (χ1) is 15.8. The molecule has 0 bridgehead atoms. The highest BCUT2D eigenvalue weighted by atomic mass is 16.5. The van der Waals surface area contributed by atoms with Crippen LogP contribution >= 0.6 is 0 Å². The molecule has 2 aromatic carbocycles. The second-order valence-corrected chi connectivity index (χ2v) is 8.91. The molecule has 1 amide bonds. The van der Waals surface area contributed by atoms with E-state index >= 15 is 0 Å². The number of aliphatic imine (C=N–C) groups is 1. The maximum atomic E-state index is 12.8. The van der Waals surface area contributed by atoms with Gasteiger partial charge in [-0.05, 0) is 42.5 Å². The number of rotatable bonds is 5. The van der Waals surface area contributed by atoms with Gasteiger partial charge in [-0.25, -0.2) is 0 Å². The smallest absolute Gasteiger partial charge is 0.242 e. The summed E-state index contributed by atoms with van der Waals surface area (Å²) in [5.41, 5.74) is 4.50. The summed E-state index contributed by atoms with van der Waals surface area (Å²) < 4.78 is 7.41. The third-order valence-corrected chi connectivity index (χ3v) is 6.81. The zero-order valence-electron chi connectivity index (χ0n) is 18.6. The molecule has 2 aliphatic rings. The number of para-hydroxylation sites is 1. The first kappa shape index (κ1) is 21.0. The molecule has 5 rings (SSSR count). The predicted octanol–water partition coefficient (Wildman–Crippen LogP) is 5.30. The van der Waals surface area contributed by atoms with Gasteiger partial charge in [0.1, 0.15) is 6.54 Å². The average Bonchev–Trinajstić information content (AvgIpc) is 3.21. The number of amides is 1. The molecule has 0 spiro atoms. The fourth-order valence-corrected chi connectivity index (χ4v) is 4.98. The number of hydrogen-bond donors (Lipinski definition) is 0. The second-order valence-electron chi connectivity index (χ2n) is 8.91. The zero-order valence-corrected chi connectivity index (χ0v) is 18.6.